The Morgan fingerprint density at radius 3 is 2.50 bits per heavy atom. The molecule has 0 bridgehead atoms. The quantitative estimate of drug-likeness (QED) is 0.302. The van der Waals surface area contributed by atoms with Gasteiger partial charge in [0.2, 0.25) is 0 Å². The van der Waals surface area contributed by atoms with Crippen LogP contribution in [0, 0.1) is 5.92 Å². The molecular weight excluding hydrogens is 556 g/mol. The number of allylic oxidation sites excluding steroid dienone is 16. The maximum Gasteiger partial charge on any atom is 0.0740 e. The van der Waals surface area contributed by atoms with Crippen LogP contribution in [-0.2, 0) is 0 Å². The molecule has 2 aliphatic heterocycles. The van der Waals surface area contributed by atoms with Gasteiger partial charge in [0.25, 0.3) is 0 Å². The van der Waals surface area contributed by atoms with Crippen LogP contribution < -0.4 is 0 Å². The zero-order valence-corrected chi connectivity index (χ0v) is 27.0. The average Bonchev–Trinajstić information content (AvgIpc) is 3.13. The Morgan fingerprint density at radius 1 is 0.783 bits per heavy atom. The monoisotopic (exact) mass is 600 g/mol. The van der Waals surface area contributed by atoms with Gasteiger partial charge in [0.1, 0.15) is 0 Å². The molecule has 0 radical (unpaired) electrons. The van der Waals surface area contributed by atoms with Gasteiger partial charge in [0, 0.05) is 23.6 Å². The van der Waals surface area contributed by atoms with Gasteiger partial charge in [-0.3, -0.25) is 4.99 Å². The van der Waals surface area contributed by atoms with Gasteiger partial charge in [0.05, 0.1) is 17.1 Å². The smallest absolute Gasteiger partial charge is 0.0740 e. The van der Waals surface area contributed by atoms with Gasteiger partial charge in [0.15, 0.2) is 0 Å². The Labute approximate surface area is 275 Å². The maximum absolute atomic E-state index is 5.44. The van der Waals surface area contributed by atoms with Gasteiger partial charge >= 0.3 is 0 Å². The second-order valence-corrected chi connectivity index (χ2v) is 12.8. The third kappa shape index (κ3) is 6.53. The number of nitrogens with zero attached hydrogens (tertiary/aromatic N) is 2. The fourth-order valence-corrected chi connectivity index (χ4v) is 7.52. The molecule has 2 unspecified atom stereocenters. The lowest BCUT2D eigenvalue weighted by Crippen LogP contribution is -2.14. The molecule has 5 aliphatic rings. The third-order valence-electron chi connectivity index (χ3n) is 9.86. The van der Waals surface area contributed by atoms with Crippen molar-refractivity contribution in [3.8, 4) is 0 Å². The molecule has 2 aromatic rings. The van der Waals surface area contributed by atoms with E-state index in [1.807, 2.05) is 0 Å². The van der Waals surface area contributed by atoms with E-state index in [0.717, 1.165) is 69.2 Å². The van der Waals surface area contributed by atoms with Crippen molar-refractivity contribution in [2.45, 2.75) is 70.6 Å². The molecule has 0 amide bonds. The maximum atomic E-state index is 5.44. The molecule has 2 heterocycles. The molecule has 2 aromatic carbocycles. The molecule has 0 aromatic heterocycles. The van der Waals surface area contributed by atoms with E-state index in [4.69, 9.17) is 9.98 Å². The molecule has 0 saturated heterocycles. The second-order valence-electron chi connectivity index (χ2n) is 12.8. The van der Waals surface area contributed by atoms with E-state index in [2.05, 4.69) is 135 Å². The van der Waals surface area contributed by atoms with Crippen molar-refractivity contribution in [2.24, 2.45) is 15.9 Å². The summed E-state index contributed by atoms with van der Waals surface area (Å²) in [5, 5.41) is 0. The zero-order valence-electron chi connectivity index (χ0n) is 27.0. The summed E-state index contributed by atoms with van der Waals surface area (Å²) in [7, 11) is 0. The lowest BCUT2D eigenvalue weighted by atomic mass is 9.79. The first kappa shape index (κ1) is 30.1. The van der Waals surface area contributed by atoms with Crippen molar-refractivity contribution in [3.05, 3.63) is 166 Å². The van der Waals surface area contributed by atoms with Crippen LogP contribution >= 0.6 is 0 Å². The van der Waals surface area contributed by atoms with E-state index in [1.54, 1.807) is 0 Å². The molecular formula is C44H44N2. The van der Waals surface area contributed by atoms with E-state index in [0.29, 0.717) is 11.8 Å². The number of rotatable bonds is 7. The normalized spacial score (nSPS) is 24.2. The first-order valence-corrected chi connectivity index (χ1v) is 17.3. The molecule has 230 valence electrons. The van der Waals surface area contributed by atoms with Crippen LogP contribution in [-0.4, -0.2) is 11.9 Å². The molecule has 2 heteroatoms. The molecule has 0 spiro atoms. The molecule has 2 atom stereocenters. The van der Waals surface area contributed by atoms with Crippen molar-refractivity contribution in [1.82, 2.24) is 0 Å². The Bertz CT molecular complexity index is 1810. The van der Waals surface area contributed by atoms with E-state index in [-0.39, 0.29) is 0 Å². The summed E-state index contributed by atoms with van der Waals surface area (Å²) < 4.78 is 0. The first-order chi connectivity index (χ1) is 22.8. The third-order valence-corrected chi connectivity index (χ3v) is 9.86. The largest absolute Gasteiger partial charge is 0.261 e. The molecule has 0 saturated carbocycles. The van der Waals surface area contributed by atoms with Crippen LogP contribution in [0.15, 0.2) is 159 Å². The Kier molecular flexibility index (Phi) is 9.33. The Morgan fingerprint density at radius 2 is 1.67 bits per heavy atom. The molecule has 3 aliphatic carbocycles. The van der Waals surface area contributed by atoms with E-state index in [9.17, 15) is 0 Å². The Hall–Kier alpha value is -4.56. The molecule has 46 heavy (non-hydrogen) atoms. The molecule has 7 rings (SSSR count). The Balaban J connectivity index is 1.22. The van der Waals surface area contributed by atoms with Crippen LogP contribution in [0.5, 0.6) is 0 Å². The van der Waals surface area contributed by atoms with Crippen molar-refractivity contribution < 1.29 is 0 Å². The van der Waals surface area contributed by atoms with Gasteiger partial charge in [-0.25, -0.2) is 4.99 Å². The highest BCUT2D eigenvalue weighted by molar-refractivity contribution is 6.16. The fourth-order valence-electron chi connectivity index (χ4n) is 7.52. The van der Waals surface area contributed by atoms with Gasteiger partial charge in [-0.15, -0.1) is 0 Å². The average molecular weight is 601 g/mol. The number of benzene rings is 2. The summed E-state index contributed by atoms with van der Waals surface area (Å²) in [6.07, 6.45) is 36.8. The molecule has 0 fully saturated rings. The number of aliphatic imine (C=N–C) groups is 2. The lowest BCUT2D eigenvalue weighted by molar-refractivity contribution is 0.720. The summed E-state index contributed by atoms with van der Waals surface area (Å²) >= 11 is 0. The number of hydrogen-bond donors (Lipinski definition) is 0. The molecule has 0 N–H and O–H groups in total. The summed E-state index contributed by atoms with van der Waals surface area (Å²) in [5.41, 5.74) is 14.3. The van der Waals surface area contributed by atoms with Crippen molar-refractivity contribution in [3.63, 3.8) is 0 Å². The summed E-state index contributed by atoms with van der Waals surface area (Å²) in [6, 6.07) is 19.9. The highest BCUT2D eigenvalue weighted by atomic mass is 14.8. The van der Waals surface area contributed by atoms with Gasteiger partial charge in [-0.2, -0.15) is 0 Å². The van der Waals surface area contributed by atoms with Crippen molar-refractivity contribution in [1.29, 1.82) is 0 Å². The topological polar surface area (TPSA) is 24.7 Å². The van der Waals surface area contributed by atoms with Crippen LogP contribution in [0.2, 0.25) is 0 Å². The minimum Gasteiger partial charge on any atom is -0.261 e. The minimum absolute atomic E-state index is 0.328. The predicted molar refractivity (Wildman–Crippen MR) is 197 cm³/mol. The standard InChI is InChI=1S/C44H44N2/c1-2-39-40(26-14-28-42(33-18-8-4-9-19-33)46-44(39)34-20-10-5-11-21-34)37-24-12-22-35(30-37)36-23-13-25-38(31-36)43-41(27-15-29-45-43)32-16-6-3-7-17-32/h3-4,6-10,12-13,16,18-25,28-29,31-32,35H,2,5,11,14-15,17,26-27,30H2,1H3/b40-39?,42-28+,46-44?. The first-order valence-electron chi connectivity index (χ1n) is 17.3. The highest BCUT2D eigenvalue weighted by Crippen LogP contribution is 2.40. The van der Waals surface area contributed by atoms with E-state index in [1.165, 1.54) is 50.3 Å². The van der Waals surface area contributed by atoms with Crippen molar-refractivity contribution >= 4 is 23.3 Å². The fraction of sp³-hybridized carbons (Fsp3) is 0.273. The zero-order chi connectivity index (χ0) is 31.1. The number of hydrogen-bond acceptors (Lipinski definition) is 2. The van der Waals surface area contributed by atoms with E-state index >= 15 is 0 Å². The summed E-state index contributed by atoms with van der Waals surface area (Å²) in [6.45, 7) is 2.30. The van der Waals surface area contributed by atoms with Gasteiger partial charge in [-0.05, 0) is 103 Å². The lowest BCUT2D eigenvalue weighted by Gasteiger charge is -2.27. The predicted octanol–water partition coefficient (Wildman–Crippen LogP) is 11.6. The van der Waals surface area contributed by atoms with Gasteiger partial charge < -0.3 is 0 Å². The highest BCUT2D eigenvalue weighted by Gasteiger charge is 2.25. The van der Waals surface area contributed by atoms with Gasteiger partial charge in [-0.1, -0.05) is 122 Å². The molecule has 2 nitrogen and oxygen atoms in total. The summed E-state index contributed by atoms with van der Waals surface area (Å²) in [4.78, 5) is 10.4. The van der Waals surface area contributed by atoms with Crippen LogP contribution in [0.4, 0.5) is 0 Å². The van der Waals surface area contributed by atoms with Crippen LogP contribution in [0.3, 0.4) is 0 Å². The van der Waals surface area contributed by atoms with Crippen LogP contribution in [0.25, 0.3) is 11.4 Å². The summed E-state index contributed by atoms with van der Waals surface area (Å²) in [5.74, 6) is 0.778. The second kappa shape index (κ2) is 14.3. The van der Waals surface area contributed by atoms with E-state index < -0.39 is 0 Å². The van der Waals surface area contributed by atoms with Crippen LogP contribution in [0.1, 0.15) is 87.3 Å². The minimum atomic E-state index is 0.328. The SMILES string of the molecule is CCC1=C(C2=CC=CC(c3cccc(C4=C(C5C=CC=CC5)CCC=N4)c3)C2)CC/C=C(\c2ccccc2)N=C1C1=CCCC=C1. The van der Waals surface area contributed by atoms with Crippen molar-refractivity contribution in [2.75, 3.05) is 0 Å².